The zero-order valence-corrected chi connectivity index (χ0v) is 13.3. The Morgan fingerprint density at radius 2 is 2.10 bits per heavy atom. The number of nitrogens with one attached hydrogen (secondary N) is 1. The Morgan fingerprint density at radius 1 is 1.48 bits per heavy atom. The number of carboxylic acid groups (broad SMARTS) is 1. The maximum Gasteiger partial charge on any atom is 0.358 e. The van der Waals surface area contributed by atoms with Crippen LogP contribution in [0.25, 0.3) is 0 Å². The summed E-state index contributed by atoms with van der Waals surface area (Å²) in [6.45, 7) is 3.55. The average molecular weight is 336 g/mol. The summed E-state index contributed by atoms with van der Waals surface area (Å²) in [5.41, 5.74) is 0.822. The van der Waals surface area contributed by atoms with Gasteiger partial charge in [0.25, 0.3) is 10.0 Å². The molecule has 0 spiro atoms. The summed E-state index contributed by atoms with van der Waals surface area (Å²) < 4.78 is 30.6. The maximum absolute atomic E-state index is 12.2. The molecule has 2 N–H and O–H groups in total. The topological polar surface area (TPSA) is 123 Å². The van der Waals surface area contributed by atoms with Crippen LogP contribution in [0.3, 0.4) is 0 Å². The molecule has 0 unspecified atom stereocenters. The summed E-state index contributed by atoms with van der Waals surface area (Å²) in [5, 5.41) is 9.08. The molecule has 1 rings (SSSR count). The first-order valence-electron chi connectivity index (χ1n) is 5.96. The molecule has 21 heavy (non-hydrogen) atoms. The van der Waals surface area contributed by atoms with E-state index in [0.717, 1.165) is 18.4 Å². The molecule has 1 heterocycles. The minimum atomic E-state index is -4.17. The van der Waals surface area contributed by atoms with Gasteiger partial charge in [-0.3, -0.25) is 4.79 Å². The number of aromatic nitrogens is 1. The molecular formula is C11H16N2O6S2. The van der Waals surface area contributed by atoms with Crippen LogP contribution in [-0.4, -0.2) is 43.6 Å². The Kier molecular flexibility index (Phi) is 5.81. The van der Waals surface area contributed by atoms with Gasteiger partial charge in [0, 0.05) is 0 Å². The lowest BCUT2D eigenvalue weighted by atomic mass is 10.1. The number of carboxylic acids is 1. The number of methoxy groups -OCH3 is 1. The minimum absolute atomic E-state index is 0.0182. The van der Waals surface area contributed by atoms with E-state index in [0.29, 0.717) is 0 Å². The van der Waals surface area contributed by atoms with Crippen LogP contribution in [0.5, 0.6) is 0 Å². The van der Waals surface area contributed by atoms with Gasteiger partial charge in [0.1, 0.15) is 6.04 Å². The molecule has 0 radical (unpaired) electrons. The van der Waals surface area contributed by atoms with Gasteiger partial charge in [-0.25, -0.2) is 18.2 Å². The average Bonchev–Trinajstić information content (AvgIpc) is 2.86. The highest BCUT2D eigenvalue weighted by Crippen LogP contribution is 2.21. The van der Waals surface area contributed by atoms with Crippen LogP contribution >= 0.6 is 11.3 Å². The number of sulfonamides is 1. The third kappa shape index (κ3) is 4.48. The summed E-state index contributed by atoms with van der Waals surface area (Å²) in [6.07, 6.45) is 0.126. The summed E-state index contributed by atoms with van der Waals surface area (Å²) in [7, 11) is -3.07. The van der Waals surface area contributed by atoms with Gasteiger partial charge in [-0.1, -0.05) is 13.8 Å². The van der Waals surface area contributed by atoms with Gasteiger partial charge >= 0.3 is 11.9 Å². The Labute approximate surface area is 126 Å². The normalized spacial score (nSPS) is 13.1. The SMILES string of the molecule is COC(=O)c1ncsc1S(=O)(=O)N[C@@H](CC(C)C)C(=O)O. The summed E-state index contributed by atoms with van der Waals surface area (Å²) >= 11 is 0.717. The molecule has 0 bridgehead atoms. The van der Waals surface area contributed by atoms with Crippen molar-refractivity contribution in [2.24, 2.45) is 5.92 Å². The largest absolute Gasteiger partial charge is 0.480 e. The number of rotatable bonds is 7. The molecule has 118 valence electrons. The predicted octanol–water partition coefficient (Wildman–Crippen LogP) is 0.707. The molecule has 0 aliphatic carbocycles. The number of nitrogens with zero attached hydrogens (tertiary/aromatic N) is 1. The standard InChI is InChI=1S/C11H16N2O6S2/c1-6(2)4-7(9(14)15)13-21(17,18)11-8(10(16)19-3)12-5-20-11/h5-7,13H,4H2,1-3H3,(H,14,15)/t7-/m0/s1. The van der Waals surface area contributed by atoms with Crippen molar-refractivity contribution in [3.63, 3.8) is 0 Å². The van der Waals surface area contributed by atoms with Gasteiger partial charge in [-0.2, -0.15) is 4.72 Å². The second-order valence-electron chi connectivity index (χ2n) is 4.62. The fourth-order valence-electron chi connectivity index (χ4n) is 1.57. The first-order valence-corrected chi connectivity index (χ1v) is 8.32. The van der Waals surface area contributed by atoms with Crippen LogP contribution < -0.4 is 4.72 Å². The lowest BCUT2D eigenvalue weighted by Crippen LogP contribution is -2.41. The second-order valence-corrected chi connectivity index (χ2v) is 7.39. The van der Waals surface area contributed by atoms with E-state index in [4.69, 9.17) is 5.11 Å². The van der Waals surface area contributed by atoms with E-state index < -0.39 is 28.0 Å². The molecule has 1 aromatic heterocycles. The molecule has 10 heteroatoms. The lowest BCUT2D eigenvalue weighted by molar-refractivity contribution is -0.139. The zero-order chi connectivity index (χ0) is 16.2. The van der Waals surface area contributed by atoms with Crippen molar-refractivity contribution >= 4 is 33.3 Å². The first kappa shape index (κ1) is 17.5. The molecule has 0 aliphatic heterocycles. The summed E-state index contributed by atoms with van der Waals surface area (Å²) in [6, 6.07) is -1.28. The van der Waals surface area contributed by atoms with Crippen molar-refractivity contribution in [3.05, 3.63) is 11.2 Å². The van der Waals surface area contributed by atoms with Gasteiger partial charge in [-0.15, -0.1) is 11.3 Å². The van der Waals surface area contributed by atoms with Crippen molar-refractivity contribution in [2.45, 2.75) is 30.5 Å². The number of aliphatic carboxylic acids is 1. The van der Waals surface area contributed by atoms with E-state index in [9.17, 15) is 18.0 Å². The molecule has 0 saturated heterocycles. The van der Waals surface area contributed by atoms with E-state index in [1.807, 2.05) is 0 Å². The lowest BCUT2D eigenvalue weighted by Gasteiger charge is -2.16. The molecule has 0 aliphatic rings. The Morgan fingerprint density at radius 3 is 2.57 bits per heavy atom. The van der Waals surface area contributed by atoms with Crippen LogP contribution in [0.1, 0.15) is 30.8 Å². The van der Waals surface area contributed by atoms with Gasteiger partial charge in [0.2, 0.25) is 0 Å². The van der Waals surface area contributed by atoms with Crippen molar-refractivity contribution in [1.82, 2.24) is 9.71 Å². The van der Waals surface area contributed by atoms with E-state index in [-0.39, 0.29) is 22.2 Å². The van der Waals surface area contributed by atoms with Crippen molar-refractivity contribution in [3.8, 4) is 0 Å². The molecule has 0 saturated carbocycles. The third-order valence-electron chi connectivity index (χ3n) is 2.46. The number of hydrogen-bond acceptors (Lipinski definition) is 7. The Hall–Kier alpha value is -1.52. The smallest absolute Gasteiger partial charge is 0.358 e. The zero-order valence-electron chi connectivity index (χ0n) is 11.7. The number of carbonyl (C=O) groups excluding carboxylic acids is 1. The van der Waals surface area contributed by atoms with Crippen molar-refractivity contribution in [2.75, 3.05) is 7.11 Å². The summed E-state index contributed by atoms with van der Waals surface area (Å²) in [5.74, 6) is -2.20. The van der Waals surface area contributed by atoms with E-state index in [1.54, 1.807) is 13.8 Å². The quantitative estimate of drug-likeness (QED) is 0.703. The first-order chi connectivity index (χ1) is 9.69. The number of esters is 1. The number of ether oxygens (including phenoxy) is 1. The molecule has 0 amide bonds. The third-order valence-corrected chi connectivity index (χ3v) is 5.30. The minimum Gasteiger partial charge on any atom is -0.480 e. The van der Waals surface area contributed by atoms with E-state index >= 15 is 0 Å². The predicted molar refractivity (Wildman–Crippen MR) is 74.7 cm³/mol. The Bertz CT molecular complexity index is 622. The second kappa shape index (κ2) is 6.96. The Balaban J connectivity index is 3.08. The van der Waals surface area contributed by atoms with E-state index in [2.05, 4.69) is 14.4 Å². The summed E-state index contributed by atoms with van der Waals surface area (Å²) in [4.78, 5) is 26.2. The fraction of sp³-hybridized carbons (Fsp3) is 0.545. The monoisotopic (exact) mass is 336 g/mol. The highest BCUT2D eigenvalue weighted by Gasteiger charge is 2.31. The number of thiazole rings is 1. The van der Waals surface area contributed by atoms with Gasteiger partial charge in [0.15, 0.2) is 9.90 Å². The van der Waals surface area contributed by atoms with Gasteiger partial charge < -0.3 is 9.84 Å². The van der Waals surface area contributed by atoms with Gasteiger partial charge in [-0.05, 0) is 12.3 Å². The maximum atomic E-state index is 12.2. The van der Waals surface area contributed by atoms with Crippen LogP contribution in [0.2, 0.25) is 0 Å². The molecule has 0 aromatic carbocycles. The van der Waals surface area contributed by atoms with E-state index in [1.165, 1.54) is 5.51 Å². The fourth-order valence-corrected chi connectivity index (χ4v) is 3.92. The van der Waals surface area contributed by atoms with Crippen LogP contribution in [0.4, 0.5) is 0 Å². The highest BCUT2D eigenvalue weighted by molar-refractivity contribution is 7.91. The van der Waals surface area contributed by atoms with Crippen molar-refractivity contribution in [1.29, 1.82) is 0 Å². The van der Waals surface area contributed by atoms with Crippen molar-refractivity contribution < 1.29 is 27.9 Å². The van der Waals surface area contributed by atoms with Crippen LogP contribution in [0.15, 0.2) is 9.72 Å². The molecule has 0 fully saturated rings. The highest BCUT2D eigenvalue weighted by atomic mass is 32.2. The molecule has 1 atom stereocenters. The number of carbonyl (C=O) groups is 2. The number of hydrogen-bond donors (Lipinski definition) is 2. The van der Waals surface area contributed by atoms with Gasteiger partial charge in [0.05, 0.1) is 12.6 Å². The molecule has 1 aromatic rings. The molecule has 8 nitrogen and oxygen atoms in total. The van der Waals surface area contributed by atoms with Crippen LogP contribution in [0, 0.1) is 5.92 Å². The molecular weight excluding hydrogens is 320 g/mol. The van der Waals surface area contributed by atoms with Crippen LogP contribution in [-0.2, 0) is 19.6 Å².